The van der Waals surface area contributed by atoms with E-state index in [1.54, 1.807) is 0 Å². The first-order valence-electron chi connectivity index (χ1n) is 2.05. The zero-order chi connectivity index (χ0) is 5.21. The Kier molecular flexibility index (Phi) is 1.40. The Morgan fingerprint density at radius 3 is 1.83 bits per heavy atom. The van der Waals surface area contributed by atoms with Crippen molar-refractivity contribution in [1.82, 2.24) is 0 Å². The average molecular weight is 83.2 g/mol. The molecule has 0 aliphatic heterocycles. The van der Waals surface area contributed by atoms with Gasteiger partial charge in [-0.1, -0.05) is 13.8 Å². The second-order valence-corrected chi connectivity index (χ2v) is 2.19. The molecule has 0 aliphatic rings. The molecule has 0 aliphatic carbocycles. The minimum Gasteiger partial charge on any atom is -0.334 e. The predicted molar refractivity (Wildman–Crippen MR) is 29.3 cm³/mol. The second kappa shape index (κ2) is 1.46. The lowest BCUT2D eigenvalue weighted by atomic mass is 9.98. The number of hydrogen-bond acceptors (Lipinski definition) is 0. The molecular weight excluding hydrogens is 72.1 g/mol. The Bertz CT molecular complexity index is 45.5. The molecule has 0 saturated heterocycles. The highest BCUT2D eigenvalue weighted by Crippen LogP contribution is 2.11. The van der Waals surface area contributed by atoms with Crippen LogP contribution in [0, 0.1) is 12.3 Å². The van der Waals surface area contributed by atoms with Crippen LogP contribution in [0.2, 0.25) is 0 Å². The van der Waals surface area contributed by atoms with Gasteiger partial charge in [-0.15, -0.1) is 18.1 Å². The highest BCUT2D eigenvalue weighted by molar-refractivity contribution is 4.88. The molecule has 0 aromatic carbocycles. The third-order valence-corrected chi connectivity index (χ3v) is 0.553. The smallest absolute Gasteiger partial charge is 0.0843 e. The van der Waals surface area contributed by atoms with Crippen molar-refractivity contribution < 1.29 is 0 Å². The van der Waals surface area contributed by atoms with Crippen molar-refractivity contribution in [2.45, 2.75) is 13.8 Å². The van der Waals surface area contributed by atoms with Crippen molar-refractivity contribution in [2.75, 3.05) is 0 Å². The Morgan fingerprint density at radius 2 is 1.83 bits per heavy atom. The molecular formula is C6H11-. The van der Waals surface area contributed by atoms with E-state index in [0.29, 0.717) is 0 Å². The van der Waals surface area contributed by atoms with Crippen LogP contribution < -0.4 is 0 Å². The molecule has 0 aromatic rings. The van der Waals surface area contributed by atoms with E-state index in [9.17, 15) is 0 Å². The standard InChI is InChI=1S/C6H11/c1-5-6(2,3)4/h5H,1-2H2,3-4H3/q-1. The molecule has 0 bridgehead atoms. The lowest BCUT2D eigenvalue weighted by Crippen LogP contribution is -1.96. The molecule has 0 fully saturated rings. The lowest BCUT2D eigenvalue weighted by molar-refractivity contribution is 0.622. The van der Waals surface area contributed by atoms with E-state index in [0.717, 1.165) is 0 Å². The molecule has 0 saturated carbocycles. The molecule has 0 heteroatoms. The maximum Gasteiger partial charge on any atom is -0.0843 e. The summed E-state index contributed by atoms with van der Waals surface area (Å²) in [5, 5.41) is 0. The van der Waals surface area contributed by atoms with Gasteiger partial charge in [0.2, 0.25) is 0 Å². The maximum absolute atomic E-state index is 3.77. The molecule has 0 aromatic heterocycles. The molecule has 0 nitrogen and oxygen atoms in total. The Morgan fingerprint density at radius 1 is 1.67 bits per heavy atom. The van der Waals surface area contributed by atoms with Crippen molar-refractivity contribution in [3.05, 3.63) is 19.6 Å². The minimum absolute atomic E-state index is 0.0556. The van der Waals surface area contributed by atoms with Gasteiger partial charge in [0.15, 0.2) is 0 Å². The fourth-order valence-corrected chi connectivity index (χ4v) is 0. The van der Waals surface area contributed by atoms with Crippen LogP contribution in [0.5, 0.6) is 0 Å². The molecule has 0 radical (unpaired) electrons. The highest BCUT2D eigenvalue weighted by Gasteiger charge is 1.89. The van der Waals surface area contributed by atoms with Gasteiger partial charge in [0.1, 0.15) is 0 Å². The third kappa shape index (κ3) is 3.74. The van der Waals surface area contributed by atoms with Crippen LogP contribution in [-0.4, -0.2) is 0 Å². The summed E-state index contributed by atoms with van der Waals surface area (Å²) in [4.78, 5) is 0. The second-order valence-electron chi connectivity index (χ2n) is 2.19. The van der Waals surface area contributed by atoms with Gasteiger partial charge in [0.05, 0.1) is 0 Å². The molecule has 0 spiro atoms. The van der Waals surface area contributed by atoms with E-state index < -0.39 is 0 Å². The van der Waals surface area contributed by atoms with Gasteiger partial charge >= 0.3 is 0 Å². The minimum atomic E-state index is 0.0556. The Balaban J connectivity index is 3.45. The van der Waals surface area contributed by atoms with Crippen LogP contribution in [-0.2, 0) is 0 Å². The van der Waals surface area contributed by atoms with Crippen LogP contribution >= 0.6 is 0 Å². The van der Waals surface area contributed by atoms with Gasteiger partial charge in [-0.05, 0) is 0 Å². The highest BCUT2D eigenvalue weighted by atomic mass is 14.0. The van der Waals surface area contributed by atoms with Crippen molar-refractivity contribution in [1.29, 1.82) is 0 Å². The van der Waals surface area contributed by atoms with Crippen LogP contribution in [0.4, 0.5) is 0 Å². The maximum atomic E-state index is 3.77. The SMILES string of the molecule is C=CC([CH2-])(C)C. The van der Waals surface area contributed by atoms with E-state index in [1.165, 1.54) is 0 Å². The van der Waals surface area contributed by atoms with E-state index in [2.05, 4.69) is 13.5 Å². The van der Waals surface area contributed by atoms with E-state index in [-0.39, 0.29) is 5.41 Å². The molecule has 0 unspecified atom stereocenters. The molecule has 0 amide bonds. The van der Waals surface area contributed by atoms with Gasteiger partial charge in [-0.2, -0.15) is 0 Å². The van der Waals surface area contributed by atoms with Crippen LogP contribution in [0.3, 0.4) is 0 Å². The summed E-state index contributed by atoms with van der Waals surface area (Å²) in [7, 11) is 0. The summed E-state index contributed by atoms with van der Waals surface area (Å²) < 4.78 is 0. The van der Waals surface area contributed by atoms with Crippen molar-refractivity contribution in [3.63, 3.8) is 0 Å². The van der Waals surface area contributed by atoms with Crippen molar-refractivity contribution >= 4 is 0 Å². The summed E-state index contributed by atoms with van der Waals surface area (Å²) >= 11 is 0. The van der Waals surface area contributed by atoms with Gasteiger partial charge in [-0.25, -0.2) is 0 Å². The number of rotatable bonds is 1. The Hall–Kier alpha value is -0.260. The molecule has 0 N–H and O–H groups in total. The van der Waals surface area contributed by atoms with Gasteiger partial charge in [-0.3, -0.25) is 0 Å². The fraction of sp³-hybridized carbons (Fsp3) is 0.500. The lowest BCUT2D eigenvalue weighted by Gasteiger charge is -2.18. The molecule has 36 valence electrons. The van der Waals surface area contributed by atoms with Crippen molar-refractivity contribution in [3.8, 4) is 0 Å². The van der Waals surface area contributed by atoms with Gasteiger partial charge < -0.3 is 6.92 Å². The molecule has 0 rings (SSSR count). The number of allylic oxidation sites excluding steroid dienone is 1. The first-order chi connectivity index (χ1) is 2.56. The first-order valence-corrected chi connectivity index (χ1v) is 2.05. The van der Waals surface area contributed by atoms with Crippen LogP contribution in [0.15, 0.2) is 12.7 Å². The summed E-state index contributed by atoms with van der Waals surface area (Å²) in [5.74, 6) is 0. The predicted octanol–water partition coefficient (Wildman–Crippen LogP) is 2.03. The summed E-state index contributed by atoms with van der Waals surface area (Å²) in [5.41, 5.74) is 0.0556. The molecule has 0 heterocycles. The fourth-order valence-electron chi connectivity index (χ4n) is 0. The van der Waals surface area contributed by atoms with E-state index >= 15 is 0 Å². The van der Waals surface area contributed by atoms with Gasteiger partial charge in [0, 0.05) is 0 Å². The van der Waals surface area contributed by atoms with Gasteiger partial charge in [0.25, 0.3) is 0 Å². The van der Waals surface area contributed by atoms with E-state index in [4.69, 9.17) is 0 Å². The summed E-state index contributed by atoms with van der Waals surface area (Å²) in [6.45, 7) is 11.4. The normalized spacial score (nSPS) is 11.2. The average Bonchev–Trinajstić information content (AvgIpc) is 1.35. The van der Waals surface area contributed by atoms with Crippen LogP contribution in [0.25, 0.3) is 0 Å². The monoisotopic (exact) mass is 83.1 g/mol. The van der Waals surface area contributed by atoms with Crippen molar-refractivity contribution in [2.24, 2.45) is 5.41 Å². The molecule has 6 heavy (non-hydrogen) atoms. The zero-order valence-corrected chi connectivity index (χ0v) is 4.49. The topological polar surface area (TPSA) is 0 Å². The first kappa shape index (κ1) is 5.74. The molecule has 0 atom stereocenters. The quantitative estimate of drug-likeness (QED) is 0.336. The third-order valence-electron chi connectivity index (χ3n) is 0.553. The Labute approximate surface area is 39.9 Å². The zero-order valence-electron chi connectivity index (χ0n) is 4.49. The van der Waals surface area contributed by atoms with Crippen LogP contribution in [0.1, 0.15) is 13.8 Å². The summed E-state index contributed by atoms with van der Waals surface area (Å²) in [6.07, 6.45) is 1.83. The number of hydrogen-bond donors (Lipinski definition) is 0. The summed E-state index contributed by atoms with van der Waals surface area (Å²) in [6, 6.07) is 0. The largest absolute Gasteiger partial charge is 0.334 e. The van der Waals surface area contributed by atoms with E-state index in [1.807, 2.05) is 19.9 Å².